The minimum absolute atomic E-state index is 0.0144. The van der Waals surface area contributed by atoms with Crippen LogP contribution in [0.1, 0.15) is 11.3 Å². The second kappa shape index (κ2) is 5.61. The van der Waals surface area contributed by atoms with E-state index in [2.05, 4.69) is 20.9 Å². The summed E-state index contributed by atoms with van der Waals surface area (Å²) in [4.78, 5) is 4.10. The van der Waals surface area contributed by atoms with Crippen LogP contribution in [0.5, 0.6) is 11.6 Å². The molecule has 0 aliphatic carbocycles. The average Bonchev–Trinajstić information content (AvgIpc) is 2.35. The van der Waals surface area contributed by atoms with Crippen molar-refractivity contribution in [3.63, 3.8) is 0 Å². The van der Waals surface area contributed by atoms with Gasteiger partial charge in [-0.15, -0.1) is 0 Å². The number of pyridine rings is 1. The van der Waals surface area contributed by atoms with Crippen LogP contribution in [0.4, 0.5) is 13.2 Å². The van der Waals surface area contributed by atoms with Crippen LogP contribution in [0.2, 0.25) is 5.02 Å². The monoisotopic (exact) mass is 365 g/mol. The smallest absolute Gasteiger partial charge is 0.417 e. The lowest BCUT2D eigenvalue weighted by atomic mass is 10.2. The van der Waals surface area contributed by atoms with Gasteiger partial charge in [0, 0.05) is 5.69 Å². The van der Waals surface area contributed by atoms with Gasteiger partial charge in [0.05, 0.1) is 15.1 Å². The van der Waals surface area contributed by atoms with Crippen molar-refractivity contribution in [1.82, 2.24) is 4.98 Å². The highest BCUT2D eigenvalue weighted by Gasteiger charge is 2.33. The van der Waals surface area contributed by atoms with Crippen molar-refractivity contribution >= 4 is 27.5 Å². The predicted molar refractivity (Wildman–Crippen MR) is 73.2 cm³/mol. The van der Waals surface area contributed by atoms with E-state index < -0.39 is 11.7 Å². The molecule has 0 spiro atoms. The molecule has 0 atom stereocenters. The Morgan fingerprint density at radius 3 is 2.55 bits per heavy atom. The molecule has 7 heteroatoms. The van der Waals surface area contributed by atoms with E-state index in [1.165, 1.54) is 6.07 Å². The molecule has 1 aromatic heterocycles. The summed E-state index contributed by atoms with van der Waals surface area (Å²) in [7, 11) is 0. The maximum absolute atomic E-state index is 12.7. The zero-order chi connectivity index (χ0) is 14.9. The molecule has 0 aliphatic rings. The first kappa shape index (κ1) is 15.1. The molecule has 0 saturated carbocycles. The van der Waals surface area contributed by atoms with Gasteiger partial charge in [0.25, 0.3) is 0 Å². The van der Waals surface area contributed by atoms with Gasteiger partial charge in [-0.3, -0.25) is 0 Å². The van der Waals surface area contributed by atoms with Crippen molar-refractivity contribution in [2.75, 3.05) is 0 Å². The van der Waals surface area contributed by atoms with E-state index in [1.807, 2.05) is 0 Å². The van der Waals surface area contributed by atoms with Gasteiger partial charge in [0.2, 0.25) is 5.88 Å². The predicted octanol–water partition coefficient (Wildman–Crippen LogP) is 5.62. The Morgan fingerprint density at radius 2 is 1.90 bits per heavy atom. The van der Waals surface area contributed by atoms with Gasteiger partial charge in [-0.25, -0.2) is 4.98 Å². The van der Waals surface area contributed by atoms with Crippen molar-refractivity contribution in [3.05, 3.63) is 51.1 Å². The molecule has 0 N–H and O–H groups in total. The minimum atomic E-state index is -4.53. The molecular weight excluding hydrogens is 358 g/mol. The van der Waals surface area contributed by atoms with Gasteiger partial charge in [-0.1, -0.05) is 11.6 Å². The number of nitrogens with zero attached hydrogens (tertiary/aromatic N) is 1. The molecule has 2 aromatic rings. The zero-order valence-electron chi connectivity index (χ0n) is 10.1. The highest BCUT2D eigenvalue weighted by molar-refractivity contribution is 9.10. The van der Waals surface area contributed by atoms with Crippen LogP contribution < -0.4 is 4.74 Å². The van der Waals surface area contributed by atoms with Gasteiger partial charge in [-0.2, -0.15) is 13.2 Å². The number of alkyl halides is 3. The maximum atomic E-state index is 12.7. The fraction of sp³-hybridized carbons (Fsp3) is 0.154. The van der Waals surface area contributed by atoms with Crippen LogP contribution in [0.15, 0.2) is 34.8 Å². The van der Waals surface area contributed by atoms with Crippen molar-refractivity contribution in [2.45, 2.75) is 13.1 Å². The van der Waals surface area contributed by atoms with Crippen LogP contribution in [-0.2, 0) is 6.18 Å². The Balaban J connectivity index is 2.37. The third-order valence-electron chi connectivity index (χ3n) is 2.41. The fourth-order valence-electron chi connectivity index (χ4n) is 1.48. The summed E-state index contributed by atoms with van der Waals surface area (Å²) in [6.45, 7) is 1.75. The molecule has 106 valence electrons. The van der Waals surface area contributed by atoms with Gasteiger partial charge in [-0.05, 0) is 53.2 Å². The third kappa shape index (κ3) is 3.43. The Kier molecular flexibility index (Phi) is 4.25. The molecule has 0 radical (unpaired) electrons. The molecule has 1 aromatic carbocycles. The third-order valence-corrected chi connectivity index (χ3v) is 3.34. The quantitative estimate of drug-likeness (QED) is 0.688. The molecule has 0 fully saturated rings. The number of benzene rings is 1. The number of rotatable bonds is 2. The van der Waals surface area contributed by atoms with Crippen LogP contribution >= 0.6 is 27.5 Å². The summed E-state index contributed by atoms with van der Waals surface area (Å²) in [5.41, 5.74) is -0.256. The zero-order valence-corrected chi connectivity index (χ0v) is 12.5. The first-order chi connectivity index (χ1) is 9.27. The van der Waals surface area contributed by atoms with Crippen LogP contribution in [0.3, 0.4) is 0 Å². The molecule has 0 bridgehead atoms. The molecule has 2 nitrogen and oxygen atoms in total. The Labute approximate surface area is 126 Å². The summed E-state index contributed by atoms with van der Waals surface area (Å²) in [6, 6.07) is 6.80. The average molecular weight is 367 g/mol. The van der Waals surface area contributed by atoms with E-state index in [0.717, 1.165) is 12.1 Å². The molecule has 20 heavy (non-hydrogen) atoms. The Morgan fingerprint density at radius 1 is 1.20 bits per heavy atom. The van der Waals surface area contributed by atoms with Crippen LogP contribution in [-0.4, -0.2) is 4.98 Å². The molecule has 0 amide bonds. The number of aryl methyl sites for hydroxylation is 1. The van der Waals surface area contributed by atoms with Crippen LogP contribution in [0.25, 0.3) is 0 Å². The Bertz CT molecular complexity index is 646. The van der Waals surface area contributed by atoms with E-state index in [0.29, 0.717) is 10.2 Å². The lowest BCUT2D eigenvalue weighted by molar-refractivity contribution is -0.137. The summed E-state index contributed by atoms with van der Waals surface area (Å²) in [5.74, 6) is 0.209. The van der Waals surface area contributed by atoms with Crippen molar-refractivity contribution in [3.8, 4) is 11.6 Å². The molecule has 0 saturated heterocycles. The van der Waals surface area contributed by atoms with E-state index in [9.17, 15) is 13.2 Å². The molecule has 1 heterocycles. The molecule has 2 rings (SSSR count). The second-order valence-corrected chi connectivity index (χ2v) is 5.24. The number of ether oxygens (including phenoxy) is 1. The molecular formula is C13H8BrClF3NO. The van der Waals surface area contributed by atoms with Crippen molar-refractivity contribution < 1.29 is 17.9 Å². The lowest BCUT2D eigenvalue weighted by Gasteiger charge is -2.12. The highest BCUT2D eigenvalue weighted by Crippen LogP contribution is 2.38. The number of hydrogen-bond donors (Lipinski definition) is 0. The van der Waals surface area contributed by atoms with Crippen molar-refractivity contribution in [2.24, 2.45) is 0 Å². The fourth-order valence-corrected chi connectivity index (χ4v) is 2.01. The standard InChI is InChI=1S/C13H8BrClF3NO/c1-7-2-4-10(14)12(19-7)20-8-3-5-11(15)9(6-8)13(16,17)18/h2-6H,1H3. The van der Waals surface area contributed by atoms with E-state index in [-0.39, 0.29) is 16.7 Å². The first-order valence-corrected chi connectivity index (χ1v) is 6.62. The summed E-state index contributed by atoms with van der Waals surface area (Å²) >= 11 is 8.76. The largest absolute Gasteiger partial charge is 0.438 e. The summed E-state index contributed by atoms with van der Waals surface area (Å²) < 4.78 is 44.1. The molecule has 0 aliphatic heterocycles. The van der Waals surface area contributed by atoms with Gasteiger partial charge >= 0.3 is 6.18 Å². The lowest BCUT2D eigenvalue weighted by Crippen LogP contribution is -2.06. The number of hydrogen-bond acceptors (Lipinski definition) is 2. The highest BCUT2D eigenvalue weighted by atomic mass is 79.9. The Hall–Kier alpha value is -1.27. The maximum Gasteiger partial charge on any atom is 0.417 e. The van der Waals surface area contributed by atoms with Gasteiger partial charge in [0.15, 0.2) is 0 Å². The number of halogens is 5. The summed E-state index contributed by atoms with van der Waals surface area (Å²) in [6.07, 6.45) is -4.53. The van der Waals surface area contributed by atoms with Gasteiger partial charge < -0.3 is 4.74 Å². The van der Waals surface area contributed by atoms with E-state index in [1.54, 1.807) is 19.1 Å². The first-order valence-electron chi connectivity index (χ1n) is 5.45. The number of aromatic nitrogens is 1. The van der Waals surface area contributed by atoms with Crippen molar-refractivity contribution in [1.29, 1.82) is 0 Å². The van der Waals surface area contributed by atoms with E-state index in [4.69, 9.17) is 16.3 Å². The second-order valence-electron chi connectivity index (χ2n) is 3.98. The molecule has 0 unspecified atom stereocenters. The van der Waals surface area contributed by atoms with E-state index >= 15 is 0 Å². The van der Waals surface area contributed by atoms with Crippen LogP contribution in [0, 0.1) is 6.92 Å². The topological polar surface area (TPSA) is 22.1 Å². The normalized spacial score (nSPS) is 11.5. The summed E-state index contributed by atoms with van der Waals surface area (Å²) in [5, 5.41) is -0.374. The van der Waals surface area contributed by atoms with Gasteiger partial charge in [0.1, 0.15) is 5.75 Å². The SMILES string of the molecule is Cc1ccc(Br)c(Oc2ccc(Cl)c(C(F)(F)F)c2)n1. The minimum Gasteiger partial charge on any atom is -0.438 e.